The molecule has 0 amide bonds. The summed E-state index contributed by atoms with van der Waals surface area (Å²) in [4.78, 5) is 2.48. The molecule has 0 fully saturated rings. The van der Waals surface area contributed by atoms with E-state index in [-0.39, 0.29) is 6.04 Å². The van der Waals surface area contributed by atoms with Gasteiger partial charge in [-0.05, 0) is 54.0 Å². The summed E-state index contributed by atoms with van der Waals surface area (Å²) in [7, 11) is 0. The highest BCUT2D eigenvalue weighted by Gasteiger charge is 2.23. The molecule has 0 spiro atoms. The minimum atomic E-state index is 0.0178. The summed E-state index contributed by atoms with van der Waals surface area (Å²) in [6, 6.07) is 7.80. The predicted molar refractivity (Wildman–Crippen MR) is 93.4 cm³/mol. The molecular formula is C15H16BrCl2NS. The average molecular weight is 393 g/mol. The first kappa shape index (κ1) is 16.3. The molecule has 0 radical (unpaired) electrons. The number of halogens is 3. The van der Waals surface area contributed by atoms with E-state index in [1.807, 2.05) is 18.2 Å². The standard InChI is InChI=1S/C15H16BrCl2NS/c1-3-7-19-14(15-10(16)8-9(2)20-15)13-11(17)5-4-6-12(13)18/h4-6,8,14,19H,3,7H2,1-2H3. The minimum Gasteiger partial charge on any atom is -0.305 e. The molecule has 1 nitrogen and oxygen atoms in total. The molecule has 1 aromatic heterocycles. The Labute approximate surface area is 142 Å². The summed E-state index contributed by atoms with van der Waals surface area (Å²) < 4.78 is 1.10. The van der Waals surface area contributed by atoms with Crippen LogP contribution in [0.15, 0.2) is 28.7 Å². The van der Waals surface area contributed by atoms with E-state index in [0.29, 0.717) is 10.0 Å². The highest BCUT2D eigenvalue weighted by Crippen LogP contribution is 2.40. The normalized spacial score (nSPS) is 12.7. The highest BCUT2D eigenvalue weighted by atomic mass is 79.9. The van der Waals surface area contributed by atoms with Gasteiger partial charge in [-0.2, -0.15) is 0 Å². The van der Waals surface area contributed by atoms with Crippen molar-refractivity contribution in [1.29, 1.82) is 0 Å². The van der Waals surface area contributed by atoms with Crippen LogP contribution in [0, 0.1) is 6.92 Å². The third-order valence-electron chi connectivity index (χ3n) is 2.99. The van der Waals surface area contributed by atoms with Gasteiger partial charge in [0.25, 0.3) is 0 Å². The van der Waals surface area contributed by atoms with Crippen LogP contribution in [0.25, 0.3) is 0 Å². The second kappa shape index (κ2) is 7.28. The van der Waals surface area contributed by atoms with Crippen LogP contribution < -0.4 is 5.32 Å². The zero-order valence-corrected chi connectivity index (χ0v) is 15.3. The Morgan fingerprint density at radius 1 is 1.30 bits per heavy atom. The lowest BCUT2D eigenvalue weighted by Gasteiger charge is -2.21. The van der Waals surface area contributed by atoms with Crippen molar-refractivity contribution in [2.24, 2.45) is 0 Å². The van der Waals surface area contributed by atoms with E-state index in [2.05, 4.69) is 41.2 Å². The number of nitrogens with one attached hydrogen (secondary N) is 1. The molecule has 1 heterocycles. The first-order valence-electron chi connectivity index (χ1n) is 6.47. The van der Waals surface area contributed by atoms with Gasteiger partial charge in [0.05, 0.1) is 6.04 Å². The van der Waals surface area contributed by atoms with Crippen molar-refractivity contribution < 1.29 is 0 Å². The lowest BCUT2D eigenvalue weighted by atomic mass is 10.0. The molecule has 1 atom stereocenters. The largest absolute Gasteiger partial charge is 0.305 e. The summed E-state index contributed by atoms with van der Waals surface area (Å²) in [6.45, 7) is 5.16. The van der Waals surface area contributed by atoms with Crippen LogP contribution in [0.1, 0.15) is 34.7 Å². The average Bonchev–Trinajstić information content (AvgIpc) is 2.72. The maximum atomic E-state index is 6.38. The van der Waals surface area contributed by atoms with Gasteiger partial charge in [-0.15, -0.1) is 11.3 Å². The Hall–Kier alpha value is -0.0600. The molecule has 108 valence electrons. The highest BCUT2D eigenvalue weighted by molar-refractivity contribution is 9.10. The zero-order chi connectivity index (χ0) is 14.7. The number of thiophene rings is 1. The topological polar surface area (TPSA) is 12.0 Å². The fourth-order valence-corrected chi connectivity index (χ4v) is 4.68. The van der Waals surface area contributed by atoms with Gasteiger partial charge in [0.15, 0.2) is 0 Å². The Balaban J connectivity index is 2.50. The predicted octanol–water partition coefficient (Wildman–Crippen LogP) is 6.21. The van der Waals surface area contributed by atoms with Crippen molar-refractivity contribution in [3.63, 3.8) is 0 Å². The fraction of sp³-hybridized carbons (Fsp3) is 0.333. The summed E-state index contributed by atoms with van der Waals surface area (Å²) in [5.74, 6) is 0. The number of rotatable bonds is 5. The zero-order valence-electron chi connectivity index (χ0n) is 11.3. The van der Waals surface area contributed by atoms with Crippen molar-refractivity contribution >= 4 is 50.5 Å². The van der Waals surface area contributed by atoms with Crippen LogP contribution in [0.5, 0.6) is 0 Å². The summed E-state index contributed by atoms with van der Waals surface area (Å²) in [5.41, 5.74) is 0.951. The van der Waals surface area contributed by atoms with Crippen molar-refractivity contribution in [3.05, 3.63) is 54.1 Å². The van der Waals surface area contributed by atoms with E-state index in [1.54, 1.807) is 11.3 Å². The maximum absolute atomic E-state index is 6.38. The van der Waals surface area contributed by atoms with Crippen LogP contribution in [-0.4, -0.2) is 6.54 Å². The molecule has 0 saturated heterocycles. The number of aryl methyl sites for hydroxylation is 1. The van der Waals surface area contributed by atoms with E-state index < -0.39 is 0 Å². The van der Waals surface area contributed by atoms with Crippen LogP contribution in [-0.2, 0) is 0 Å². The third-order valence-corrected chi connectivity index (χ3v) is 5.68. The first-order valence-corrected chi connectivity index (χ1v) is 8.84. The van der Waals surface area contributed by atoms with Gasteiger partial charge < -0.3 is 5.32 Å². The SMILES string of the molecule is CCCNC(c1sc(C)cc1Br)c1c(Cl)cccc1Cl. The van der Waals surface area contributed by atoms with Crippen molar-refractivity contribution in [3.8, 4) is 0 Å². The van der Waals surface area contributed by atoms with Gasteiger partial charge in [0.2, 0.25) is 0 Å². The first-order chi connectivity index (χ1) is 9.54. The lowest BCUT2D eigenvalue weighted by molar-refractivity contribution is 0.605. The van der Waals surface area contributed by atoms with Crippen molar-refractivity contribution in [1.82, 2.24) is 5.32 Å². The molecule has 2 aromatic rings. The Kier molecular flexibility index (Phi) is 5.94. The molecule has 20 heavy (non-hydrogen) atoms. The molecule has 2 rings (SSSR count). The van der Waals surface area contributed by atoms with E-state index in [0.717, 1.165) is 23.0 Å². The molecule has 0 aliphatic rings. The Morgan fingerprint density at radius 2 is 1.95 bits per heavy atom. The van der Waals surface area contributed by atoms with Gasteiger partial charge in [-0.3, -0.25) is 0 Å². The Bertz CT molecular complexity index is 577. The molecule has 0 saturated carbocycles. The summed E-state index contributed by atoms with van der Waals surface area (Å²) >= 11 is 18.2. The van der Waals surface area contributed by atoms with E-state index >= 15 is 0 Å². The number of hydrogen-bond acceptors (Lipinski definition) is 2. The van der Waals surface area contributed by atoms with Crippen LogP contribution >= 0.6 is 50.5 Å². The molecule has 0 aliphatic carbocycles. The fourth-order valence-electron chi connectivity index (χ4n) is 2.10. The van der Waals surface area contributed by atoms with Crippen molar-refractivity contribution in [2.75, 3.05) is 6.54 Å². The quantitative estimate of drug-likeness (QED) is 0.637. The third kappa shape index (κ3) is 3.58. The van der Waals surface area contributed by atoms with Gasteiger partial charge in [0.1, 0.15) is 0 Å². The van der Waals surface area contributed by atoms with Crippen LogP contribution in [0.2, 0.25) is 10.0 Å². The monoisotopic (exact) mass is 391 g/mol. The summed E-state index contributed by atoms with van der Waals surface area (Å²) in [5, 5.41) is 4.95. The molecular weight excluding hydrogens is 377 g/mol. The van der Waals surface area contributed by atoms with Crippen molar-refractivity contribution in [2.45, 2.75) is 26.3 Å². The summed E-state index contributed by atoms with van der Waals surface area (Å²) in [6.07, 6.45) is 1.06. The van der Waals surface area contributed by atoms with Gasteiger partial charge >= 0.3 is 0 Å². The maximum Gasteiger partial charge on any atom is 0.0712 e. The van der Waals surface area contributed by atoms with Crippen LogP contribution in [0.4, 0.5) is 0 Å². The second-order valence-electron chi connectivity index (χ2n) is 4.59. The Morgan fingerprint density at radius 3 is 2.45 bits per heavy atom. The van der Waals surface area contributed by atoms with Gasteiger partial charge in [0, 0.05) is 29.8 Å². The van der Waals surface area contributed by atoms with E-state index in [4.69, 9.17) is 23.2 Å². The number of hydrogen-bond donors (Lipinski definition) is 1. The molecule has 5 heteroatoms. The second-order valence-corrected chi connectivity index (χ2v) is 7.55. The van der Waals surface area contributed by atoms with Crippen LogP contribution in [0.3, 0.4) is 0 Å². The molecule has 1 unspecified atom stereocenters. The lowest BCUT2D eigenvalue weighted by Crippen LogP contribution is -2.23. The molecule has 0 aliphatic heterocycles. The van der Waals surface area contributed by atoms with Gasteiger partial charge in [-0.1, -0.05) is 36.2 Å². The van der Waals surface area contributed by atoms with E-state index in [1.165, 1.54) is 9.75 Å². The molecule has 1 aromatic carbocycles. The van der Waals surface area contributed by atoms with Gasteiger partial charge in [-0.25, -0.2) is 0 Å². The number of benzene rings is 1. The minimum absolute atomic E-state index is 0.0178. The molecule has 0 bridgehead atoms. The molecule has 1 N–H and O–H groups in total. The van der Waals surface area contributed by atoms with E-state index in [9.17, 15) is 0 Å². The smallest absolute Gasteiger partial charge is 0.0712 e.